The molecule has 8 nitrogen and oxygen atoms in total. The highest BCUT2D eigenvalue weighted by molar-refractivity contribution is 5.85. The molecule has 0 spiro atoms. The predicted molar refractivity (Wildman–Crippen MR) is 146 cm³/mol. The first-order valence-electron chi connectivity index (χ1n) is 13.2. The topological polar surface area (TPSA) is 88.9 Å². The maximum Gasteiger partial charge on any atom is 0.212 e. The summed E-state index contributed by atoms with van der Waals surface area (Å²) in [5, 5.41) is 6.86. The van der Waals surface area contributed by atoms with Gasteiger partial charge in [-0.2, -0.15) is 5.10 Å². The molecule has 1 saturated carbocycles. The third kappa shape index (κ3) is 4.92. The molecule has 0 aliphatic heterocycles. The van der Waals surface area contributed by atoms with Crippen molar-refractivity contribution in [3.05, 3.63) is 84.2 Å². The molecule has 10 heteroatoms. The Morgan fingerprint density at radius 2 is 2.00 bits per heavy atom. The highest BCUT2D eigenvalue weighted by Crippen LogP contribution is 2.39. The van der Waals surface area contributed by atoms with Gasteiger partial charge in [0.15, 0.2) is 12.6 Å². The Morgan fingerprint density at radius 3 is 2.77 bits per heavy atom. The number of imidazole rings is 1. The molecular weight excluding hydrogens is 514 g/mol. The summed E-state index contributed by atoms with van der Waals surface area (Å²) in [6, 6.07) is 16.6. The molecule has 204 valence electrons. The number of hydrogen-bond donors (Lipinski definition) is 1. The van der Waals surface area contributed by atoms with E-state index in [4.69, 9.17) is 9.72 Å². The zero-order valence-electron chi connectivity index (χ0n) is 21.9. The maximum atomic E-state index is 15.1. The van der Waals surface area contributed by atoms with Crippen molar-refractivity contribution < 1.29 is 18.3 Å². The SMILES string of the molecule is Cc1cc(F)ccc1OCN(C=O)C1CCCC(n2c(-c3ccccc3F)nc3ccc(-c4ncn[nH]4)cc32)C1. The summed E-state index contributed by atoms with van der Waals surface area (Å²) in [7, 11) is 0. The van der Waals surface area contributed by atoms with Crippen LogP contribution in [0, 0.1) is 18.6 Å². The van der Waals surface area contributed by atoms with E-state index >= 15 is 4.39 Å². The molecule has 6 rings (SSSR count). The maximum absolute atomic E-state index is 15.1. The Kier molecular flexibility index (Phi) is 6.98. The third-order valence-electron chi connectivity index (χ3n) is 7.59. The number of fused-ring (bicyclic) bond motifs is 1. The summed E-state index contributed by atoms with van der Waals surface area (Å²) in [5.74, 6) is 1.02. The Bertz CT molecular complexity index is 1650. The Hall–Kier alpha value is -4.60. The first-order chi connectivity index (χ1) is 19.5. The molecule has 1 amide bonds. The van der Waals surface area contributed by atoms with Gasteiger partial charge in [0.2, 0.25) is 6.41 Å². The van der Waals surface area contributed by atoms with E-state index in [9.17, 15) is 9.18 Å². The van der Waals surface area contributed by atoms with Gasteiger partial charge in [0.25, 0.3) is 0 Å². The van der Waals surface area contributed by atoms with Crippen LogP contribution < -0.4 is 4.74 Å². The van der Waals surface area contributed by atoms with E-state index < -0.39 is 0 Å². The number of aryl methyl sites for hydroxylation is 1. The zero-order valence-corrected chi connectivity index (χ0v) is 21.9. The van der Waals surface area contributed by atoms with Crippen LogP contribution in [0.15, 0.2) is 67.0 Å². The normalized spacial score (nSPS) is 17.2. The van der Waals surface area contributed by atoms with Crippen LogP contribution in [-0.4, -0.2) is 48.8 Å². The van der Waals surface area contributed by atoms with Gasteiger partial charge in [0.1, 0.15) is 29.5 Å². The molecular formula is C30H28F2N6O2. The fraction of sp³-hybridized carbons (Fsp3) is 0.267. The Balaban J connectivity index is 1.35. The Morgan fingerprint density at radius 1 is 1.12 bits per heavy atom. The van der Waals surface area contributed by atoms with Crippen molar-refractivity contribution in [1.29, 1.82) is 0 Å². The molecule has 0 bridgehead atoms. The molecule has 3 aromatic carbocycles. The van der Waals surface area contributed by atoms with Crippen LogP contribution >= 0.6 is 0 Å². The van der Waals surface area contributed by atoms with Crippen LogP contribution in [-0.2, 0) is 4.79 Å². The molecule has 2 unspecified atom stereocenters. The standard InChI is InChI=1S/C30H28F2N6O2/c1-19-13-21(31)10-12-28(19)40-18-37(17-39)22-5-4-6-23(15-22)38-27-14-20(29-33-16-34-36-29)9-11-26(27)35-30(38)24-7-2-3-8-25(24)32/h2-3,7-14,16-17,22-23H,4-6,15,18H2,1H3,(H,33,34,36). The van der Waals surface area contributed by atoms with E-state index in [1.807, 2.05) is 18.2 Å². The number of halogens is 2. The fourth-order valence-corrected chi connectivity index (χ4v) is 5.60. The molecule has 5 aromatic rings. The van der Waals surface area contributed by atoms with Gasteiger partial charge in [-0.1, -0.05) is 12.1 Å². The number of aromatic amines is 1. The Labute approximate surface area is 229 Å². The molecule has 1 N–H and O–H groups in total. The van der Waals surface area contributed by atoms with Crippen LogP contribution in [0.1, 0.15) is 37.3 Å². The van der Waals surface area contributed by atoms with Crippen molar-refractivity contribution in [2.75, 3.05) is 6.73 Å². The molecule has 40 heavy (non-hydrogen) atoms. The minimum absolute atomic E-state index is 0.0432. The quantitative estimate of drug-likeness (QED) is 0.190. The number of benzene rings is 3. The predicted octanol–water partition coefficient (Wildman–Crippen LogP) is 6.05. The van der Waals surface area contributed by atoms with Crippen LogP contribution in [0.2, 0.25) is 0 Å². The van der Waals surface area contributed by atoms with Crippen molar-refractivity contribution in [3.63, 3.8) is 0 Å². The molecule has 0 saturated heterocycles. The number of aromatic nitrogens is 5. The van der Waals surface area contributed by atoms with E-state index in [0.29, 0.717) is 34.9 Å². The van der Waals surface area contributed by atoms with E-state index in [1.165, 1.54) is 24.5 Å². The van der Waals surface area contributed by atoms with Gasteiger partial charge in [-0.15, -0.1) is 0 Å². The first kappa shape index (κ1) is 25.7. The van der Waals surface area contributed by atoms with Gasteiger partial charge in [0, 0.05) is 17.6 Å². The van der Waals surface area contributed by atoms with Crippen molar-refractivity contribution in [2.45, 2.75) is 44.7 Å². The number of nitrogens with one attached hydrogen (secondary N) is 1. The number of amides is 1. The number of nitrogens with zero attached hydrogens (tertiary/aromatic N) is 5. The number of carbonyl (C=O) groups is 1. The summed E-state index contributed by atoms with van der Waals surface area (Å²) < 4.78 is 36.6. The van der Waals surface area contributed by atoms with E-state index in [2.05, 4.69) is 19.7 Å². The van der Waals surface area contributed by atoms with Gasteiger partial charge < -0.3 is 14.2 Å². The zero-order chi connectivity index (χ0) is 27.6. The second-order valence-electron chi connectivity index (χ2n) is 10.1. The van der Waals surface area contributed by atoms with E-state index in [0.717, 1.165) is 42.3 Å². The fourth-order valence-electron chi connectivity index (χ4n) is 5.60. The van der Waals surface area contributed by atoms with Crippen molar-refractivity contribution in [1.82, 2.24) is 29.6 Å². The van der Waals surface area contributed by atoms with Crippen molar-refractivity contribution >= 4 is 17.4 Å². The van der Waals surface area contributed by atoms with Crippen LogP contribution in [0.3, 0.4) is 0 Å². The summed E-state index contributed by atoms with van der Waals surface area (Å²) in [6.07, 6.45) is 5.43. The highest BCUT2D eigenvalue weighted by atomic mass is 19.1. The molecule has 0 radical (unpaired) electrons. The van der Waals surface area contributed by atoms with Gasteiger partial charge >= 0.3 is 0 Å². The number of H-pyrrole nitrogens is 1. The average Bonchev–Trinajstić information content (AvgIpc) is 3.63. The number of ether oxygens (including phenoxy) is 1. The lowest BCUT2D eigenvalue weighted by atomic mass is 9.89. The minimum atomic E-state index is -0.348. The third-order valence-corrected chi connectivity index (χ3v) is 7.59. The van der Waals surface area contributed by atoms with E-state index in [-0.39, 0.29) is 30.4 Å². The summed E-state index contributed by atoms with van der Waals surface area (Å²) in [6.45, 7) is 1.82. The van der Waals surface area contributed by atoms with E-state index in [1.54, 1.807) is 36.1 Å². The molecule has 1 aliphatic rings. The first-order valence-corrected chi connectivity index (χ1v) is 13.2. The average molecular weight is 543 g/mol. The summed E-state index contributed by atoms with van der Waals surface area (Å²) in [4.78, 5) is 23.0. The lowest BCUT2D eigenvalue weighted by Crippen LogP contribution is -2.40. The van der Waals surface area contributed by atoms with Gasteiger partial charge in [0.05, 0.1) is 16.6 Å². The van der Waals surface area contributed by atoms with Crippen LogP contribution in [0.5, 0.6) is 5.75 Å². The van der Waals surface area contributed by atoms with Gasteiger partial charge in [-0.05, 0) is 86.7 Å². The molecule has 2 heterocycles. The van der Waals surface area contributed by atoms with Crippen LogP contribution in [0.4, 0.5) is 8.78 Å². The minimum Gasteiger partial charge on any atom is -0.473 e. The molecule has 2 aromatic heterocycles. The summed E-state index contributed by atoms with van der Waals surface area (Å²) in [5.41, 5.74) is 3.52. The molecule has 1 fully saturated rings. The van der Waals surface area contributed by atoms with Crippen molar-refractivity contribution in [3.8, 4) is 28.5 Å². The van der Waals surface area contributed by atoms with Crippen molar-refractivity contribution in [2.24, 2.45) is 0 Å². The lowest BCUT2D eigenvalue weighted by Gasteiger charge is -2.36. The largest absolute Gasteiger partial charge is 0.473 e. The monoisotopic (exact) mass is 542 g/mol. The smallest absolute Gasteiger partial charge is 0.212 e. The second kappa shape index (κ2) is 10.9. The number of hydrogen-bond acceptors (Lipinski definition) is 5. The number of rotatable bonds is 8. The highest BCUT2D eigenvalue weighted by Gasteiger charge is 2.31. The number of carbonyl (C=O) groups excluding carboxylic acids is 1. The van der Waals surface area contributed by atoms with Crippen LogP contribution in [0.25, 0.3) is 33.8 Å². The van der Waals surface area contributed by atoms with Gasteiger partial charge in [-0.25, -0.2) is 18.7 Å². The molecule has 2 atom stereocenters. The van der Waals surface area contributed by atoms with Gasteiger partial charge in [-0.3, -0.25) is 9.89 Å². The molecule has 1 aliphatic carbocycles. The lowest BCUT2D eigenvalue weighted by molar-refractivity contribution is -0.124. The second-order valence-corrected chi connectivity index (χ2v) is 10.1. The summed E-state index contributed by atoms with van der Waals surface area (Å²) >= 11 is 0.